The molecule has 0 radical (unpaired) electrons. The van der Waals surface area contributed by atoms with Gasteiger partial charge in [-0.3, -0.25) is 0 Å². The third-order valence-corrected chi connectivity index (χ3v) is 5.86. The first-order valence-electron chi connectivity index (χ1n) is 10.4. The lowest BCUT2D eigenvalue weighted by molar-refractivity contribution is 0.241. The Kier molecular flexibility index (Phi) is 4.86. The Morgan fingerprint density at radius 3 is 2.53 bits per heavy atom. The van der Waals surface area contributed by atoms with Gasteiger partial charge in [-0.05, 0) is 30.5 Å². The molecule has 1 unspecified atom stereocenters. The normalized spacial score (nSPS) is 19.6. The molecule has 30 heavy (non-hydrogen) atoms. The van der Waals surface area contributed by atoms with E-state index in [0.29, 0.717) is 5.92 Å². The SMILES string of the molecule is COC1=CCC(C)C=C1N1CCN(c2ncnc3c2cnn3-c2ccccc2)CC1. The topological polar surface area (TPSA) is 59.3 Å². The molecule has 0 bridgehead atoms. The van der Waals surface area contributed by atoms with E-state index in [1.165, 1.54) is 5.70 Å². The molecule has 3 aromatic rings. The highest BCUT2D eigenvalue weighted by Gasteiger charge is 2.26. The lowest BCUT2D eigenvalue weighted by Gasteiger charge is -2.39. The number of piperazine rings is 1. The Hall–Kier alpha value is -3.35. The van der Waals surface area contributed by atoms with Crippen molar-refractivity contribution in [3.8, 4) is 5.69 Å². The maximum absolute atomic E-state index is 5.63. The van der Waals surface area contributed by atoms with E-state index in [4.69, 9.17) is 4.74 Å². The molecule has 7 heteroatoms. The van der Waals surface area contributed by atoms with Gasteiger partial charge < -0.3 is 14.5 Å². The van der Waals surface area contributed by atoms with E-state index < -0.39 is 0 Å². The van der Waals surface area contributed by atoms with Crippen molar-refractivity contribution >= 4 is 16.9 Å². The maximum atomic E-state index is 5.63. The second-order valence-electron chi connectivity index (χ2n) is 7.84. The van der Waals surface area contributed by atoms with Crippen LogP contribution in [-0.4, -0.2) is 57.9 Å². The molecule has 5 rings (SSSR count). The summed E-state index contributed by atoms with van der Waals surface area (Å²) in [4.78, 5) is 13.9. The summed E-state index contributed by atoms with van der Waals surface area (Å²) < 4.78 is 7.50. The van der Waals surface area contributed by atoms with E-state index in [9.17, 15) is 0 Å². The van der Waals surface area contributed by atoms with Crippen molar-refractivity contribution in [1.29, 1.82) is 0 Å². The van der Waals surface area contributed by atoms with Gasteiger partial charge in [0.1, 0.15) is 17.9 Å². The summed E-state index contributed by atoms with van der Waals surface area (Å²) in [5, 5.41) is 5.57. The first-order chi connectivity index (χ1) is 14.7. The van der Waals surface area contributed by atoms with Crippen molar-refractivity contribution in [2.24, 2.45) is 5.92 Å². The van der Waals surface area contributed by atoms with E-state index in [0.717, 1.165) is 60.9 Å². The Balaban J connectivity index is 1.38. The minimum atomic E-state index is 0.544. The zero-order valence-electron chi connectivity index (χ0n) is 17.4. The quantitative estimate of drug-likeness (QED) is 0.667. The smallest absolute Gasteiger partial charge is 0.168 e. The molecule has 154 valence electrons. The van der Waals surface area contributed by atoms with Crippen molar-refractivity contribution in [2.45, 2.75) is 13.3 Å². The molecule has 2 aliphatic rings. The van der Waals surface area contributed by atoms with Crippen molar-refractivity contribution in [1.82, 2.24) is 24.6 Å². The van der Waals surface area contributed by atoms with Crippen LogP contribution in [0.3, 0.4) is 0 Å². The molecular weight excluding hydrogens is 376 g/mol. The number of benzene rings is 1. The monoisotopic (exact) mass is 402 g/mol. The second kappa shape index (κ2) is 7.82. The van der Waals surface area contributed by atoms with Gasteiger partial charge in [-0.1, -0.05) is 31.2 Å². The fourth-order valence-electron chi connectivity index (χ4n) is 4.27. The number of aromatic nitrogens is 4. The summed E-state index contributed by atoms with van der Waals surface area (Å²) in [5.74, 6) is 2.49. The number of anilines is 1. The van der Waals surface area contributed by atoms with Crippen LogP contribution in [0.4, 0.5) is 5.82 Å². The van der Waals surface area contributed by atoms with Gasteiger partial charge in [0.05, 0.1) is 30.1 Å². The van der Waals surface area contributed by atoms with Crippen LogP contribution in [0, 0.1) is 5.92 Å². The Labute approximate surface area is 176 Å². The molecule has 1 aliphatic carbocycles. The van der Waals surface area contributed by atoms with Crippen molar-refractivity contribution in [3.05, 3.63) is 66.5 Å². The molecule has 0 amide bonds. The van der Waals surface area contributed by atoms with Gasteiger partial charge in [-0.15, -0.1) is 0 Å². The number of hydrogen-bond acceptors (Lipinski definition) is 6. The maximum Gasteiger partial charge on any atom is 0.168 e. The van der Waals surface area contributed by atoms with Crippen LogP contribution in [0.1, 0.15) is 13.3 Å². The predicted molar refractivity (Wildman–Crippen MR) is 117 cm³/mol. The summed E-state index contributed by atoms with van der Waals surface area (Å²) in [7, 11) is 1.76. The minimum absolute atomic E-state index is 0.544. The number of fused-ring (bicyclic) bond motifs is 1. The largest absolute Gasteiger partial charge is 0.495 e. The molecule has 1 saturated heterocycles. The minimum Gasteiger partial charge on any atom is -0.495 e. The number of nitrogens with zero attached hydrogens (tertiary/aromatic N) is 6. The van der Waals surface area contributed by atoms with E-state index >= 15 is 0 Å². The van der Waals surface area contributed by atoms with Crippen LogP contribution >= 0.6 is 0 Å². The van der Waals surface area contributed by atoms with Gasteiger partial charge in [0.2, 0.25) is 0 Å². The molecule has 7 nitrogen and oxygen atoms in total. The van der Waals surface area contributed by atoms with Crippen LogP contribution in [0.5, 0.6) is 0 Å². The molecule has 1 atom stereocenters. The van der Waals surface area contributed by atoms with Gasteiger partial charge in [-0.2, -0.15) is 5.10 Å². The second-order valence-corrected chi connectivity index (χ2v) is 7.84. The lowest BCUT2D eigenvalue weighted by Crippen LogP contribution is -2.46. The molecule has 2 aromatic heterocycles. The average Bonchev–Trinajstić information content (AvgIpc) is 3.24. The molecule has 0 N–H and O–H groups in total. The van der Waals surface area contributed by atoms with E-state index in [1.54, 1.807) is 13.4 Å². The number of allylic oxidation sites excluding steroid dienone is 2. The summed E-state index contributed by atoms with van der Waals surface area (Å²) in [6.07, 6.45) is 9.10. The van der Waals surface area contributed by atoms with Crippen LogP contribution in [-0.2, 0) is 4.74 Å². The zero-order valence-corrected chi connectivity index (χ0v) is 17.4. The fourth-order valence-corrected chi connectivity index (χ4v) is 4.27. The highest BCUT2D eigenvalue weighted by atomic mass is 16.5. The van der Waals surface area contributed by atoms with E-state index in [2.05, 4.69) is 43.9 Å². The zero-order chi connectivity index (χ0) is 20.5. The third-order valence-electron chi connectivity index (χ3n) is 5.86. The highest BCUT2D eigenvalue weighted by molar-refractivity contribution is 5.87. The van der Waals surface area contributed by atoms with Crippen LogP contribution in [0.25, 0.3) is 16.7 Å². The van der Waals surface area contributed by atoms with Crippen LogP contribution < -0.4 is 4.90 Å². The Bertz CT molecular complexity index is 1100. The molecule has 0 saturated carbocycles. The predicted octanol–water partition coefficient (Wildman–Crippen LogP) is 3.39. The van der Waals surface area contributed by atoms with Gasteiger partial charge in [0.15, 0.2) is 5.65 Å². The summed E-state index contributed by atoms with van der Waals surface area (Å²) in [6, 6.07) is 10.1. The number of hydrogen-bond donors (Lipinski definition) is 0. The van der Waals surface area contributed by atoms with Gasteiger partial charge >= 0.3 is 0 Å². The number of para-hydroxylation sites is 1. The van der Waals surface area contributed by atoms with Crippen molar-refractivity contribution in [3.63, 3.8) is 0 Å². The van der Waals surface area contributed by atoms with Crippen LogP contribution in [0.2, 0.25) is 0 Å². The summed E-state index contributed by atoms with van der Waals surface area (Å²) in [6.45, 7) is 5.90. The van der Waals surface area contributed by atoms with Gasteiger partial charge in [0.25, 0.3) is 0 Å². The number of rotatable bonds is 4. The molecule has 1 aliphatic heterocycles. The third kappa shape index (κ3) is 3.30. The number of methoxy groups -OCH3 is 1. The first-order valence-corrected chi connectivity index (χ1v) is 10.4. The Morgan fingerprint density at radius 2 is 1.77 bits per heavy atom. The lowest BCUT2D eigenvalue weighted by atomic mass is 9.99. The number of ether oxygens (including phenoxy) is 1. The summed E-state index contributed by atoms with van der Waals surface area (Å²) in [5.41, 5.74) is 3.06. The molecule has 1 fully saturated rings. The van der Waals surface area contributed by atoms with Crippen molar-refractivity contribution in [2.75, 3.05) is 38.2 Å². The standard InChI is InChI=1S/C23H26N6O/c1-17-8-9-21(30-2)20(14-17)27-10-12-28(13-11-27)22-19-15-26-29(23(19)25-16-24-22)18-6-4-3-5-7-18/h3-7,9,14-17H,8,10-13H2,1-2H3. The first kappa shape index (κ1) is 18.7. The fraction of sp³-hybridized carbons (Fsp3) is 0.348. The van der Waals surface area contributed by atoms with Crippen LogP contribution in [0.15, 0.2) is 66.5 Å². The van der Waals surface area contributed by atoms with Gasteiger partial charge in [0, 0.05) is 26.2 Å². The Morgan fingerprint density at radius 1 is 1.00 bits per heavy atom. The van der Waals surface area contributed by atoms with E-state index in [-0.39, 0.29) is 0 Å². The van der Waals surface area contributed by atoms with Crippen molar-refractivity contribution < 1.29 is 4.74 Å². The summed E-state index contributed by atoms with van der Waals surface area (Å²) >= 11 is 0. The molecule has 3 heterocycles. The molecule has 0 spiro atoms. The molecule has 1 aromatic carbocycles. The highest BCUT2D eigenvalue weighted by Crippen LogP contribution is 2.29. The van der Waals surface area contributed by atoms with Gasteiger partial charge in [-0.25, -0.2) is 14.6 Å². The van der Waals surface area contributed by atoms with E-state index in [1.807, 2.05) is 41.2 Å². The average molecular weight is 403 g/mol. The molecular formula is C23H26N6O.